The molecule has 116 valence electrons. The lowest BCUT2D eigenvalue weighted by molar-refractivity contribution is -0.117. The van der Waals surface area contributed by atoms with Gasteiger partial charge in [0.1, 0.15) is 0 Å². The van der Waals surface area contributed by atoms with Gasteiger partial charge >= 0.3 is 0 Å². The fourth-order valence-corrected chi connectivity index (χ4v) is 2.66. The predicted octanol–water partition coefficient (Wildman–Crippen LogP) is 3.63. The zero-order valence-corrected chi connectivity index (χ0v) is 13.3. The number of aromatic amines is 1. The Hall–Kier alpha value is -2.59. The van der Waals surface area contributed by atoms with Crippen molar-refractivity contribution in [1.29, 1.82) is 0 Å². The molecule has 1 heterocycles. The summed E-state index contributed by atoms with van der Waals surface area (Å²) in [5, 5.41) is 3.82. The topological polar surface area (TPSA) is 62.0 Å². The molecule has 0 saturated heterocycles. The van der Waals surface area contributed by atoms with Crippen molar-refractivity contribution in [2.45, 2.75) is 13.5 Å². The van der Waals surface area contributed by atoms with E-state index < -0.39 is 11.7 Å². The molecule has 2 aromatic carbocycles. The van der Waals surface area contributed by atoms with Gasteiger partial charge in [0.05, 0.1) is 5.56 Å². The van der Waals surface area contributed by atoms with E-state index in [-0.39, 0.29) is 0 Å². The van der Waals surface area contributed by atoms with Crippen LogP contribution in [0, 0.1) is 6.92 Å². The van der Waals surface area contributed by atoms with Gasteiger partial charge in [-0.15, -0.1) is 0 Å². The van der Waals surface area contributed by atoms with Crippen molar-refractivity contribution < 1.29 is 9.59 Å². The van der Waals surface area contributed by atoms with Crippen molar-refractivity contribution in [3.8, 4) is 0 Å². The zero-order valence-electron chi connectivity index (χ0n) is 12.5. The van der Waals surface area contributed by atoms with E-state index in [1.165, 1.54) is 6.20 Å². The summed E-state index contributed by atoms with van der Waals surface area (Å²) in [6, 6.07) is 13.0. The van der Waals surface area contributed by atoms with Gasteiger partial charge in [-0.3, -0.25) is 9.59 Å². The molecule has 0 spiro atoms. The van der Waals surface area contributed by atoms with Gasteiger partial charge in [0, 0.05) is 28.7 Å². The lowest BCUT2D eigenvalue weighted by Crippen LogP contribution is -2.30. The molecule has 3 aromatic rings. The van der Waals surface area contributed by atoms with Crippen LogP contribution in [-0.4, -0.2) is 16.7 Å². The molecule has 0 aliphatic rings. The number of fused-ring (bicyclic) bond motifs is 1. The fraction of sp³-hybridized carbons (Fsp3) is 0.111. The Morgan fingerprint density at radius 2 is 2.00 bits per heavy atom. The van der Waals surface area contributed by atoms with E-state index in [1.54, 1.807) is 18.2 Å². The average Bonchev–Trinajstić information content (AvgIpc) is 2.95. The van der Waals surface area contributed by atoms with Crippen molar-refractivity contribution in [3.05, 3.63) is 70.4 Å². The Labute approximate surface area is 138 Å². The van der Waals surface area contributed by atoms with Crippen LogP contribution in [0.1, 0.15) is 21.5 Å². The Bertz CT molecular complexity index is 899. The molecule has 0 aliphatic carbocycles. The lowest BCUT2D eigenvalue weighted by Gasteiger charge is -2.05. The van der Waals surface area contributed by atoms with E-state index in [4.69, 9.17) is 11.6 Å². The van der Waals surface area contributed by atoms with Crippen LogP contribution in [0.15, 0.2) is 48.7 Å². The summed E-state index contributed by atoms with van der Waals surface area (Å²) >= 11 is 5.96. The molecule has 3 rings (SSSR count). The number of benzene rings is 2. The van der Waals surface area contributed by atoms with Crippen LogP contribution in [0.5, 0.6) is 0 Å². The highest BCUT2D eigenvalue weighted by Crippen LogP contribution is 2.22. The average molecular weight is 327 g/mol. The van der Waals surface area contributed by atoms with Gasteiger partial charge < -0.3 is 10.3 Å². The van der Waals surface area contributed by atoms with Gasteiger partial charge in [-0.25, -0.2) is 0 Å². The Kier molecular flexibility index (Phi) is 4.17. The van der Waals surface area contributed by atoms with E-state index in [0.717, 1.165) is 16.6 Å². The Balaban J connectivity index is 1.76. The minimum atomic E-state index is -0.632. The number of nitrogens with one attached hydrogen (secondary N) is 2. The van der Waals surface area contributed by atoms with Crippen molar-refractivity contribution in [2.24, 2.45) is 0 Å². The standard InChI is InChI=1S/C18H15ClN2O2/c1-11-3-2-4-12(7-11)9-21-18(23)17(22)15-10-20-16-6-5-13(19)8-14(15)16/h2-8,10,20H,9H2,1H3,(H,21,23). The van der Waals surface area contributed by atoms with Gasteiger partial charge in [0.15, 0.2) is 0 Å². The number of Topliss-reactive ketones (excluding diaryl/α,β-unsaturated/α-hetero) is 1. The van der Waals surface area contributed by atoms with Crippen molar-refractivity contribution in [3.63, 3.8) is 0 Å². The summed E-state index contributed by atoms with van der Waals surface area (Å²) in [6.07, 6.45) is 1.54. The smallest absolute Gasteiger partial charge is 0.292 e. The maximum atomic E-state index is 12.3. The molecular weight excluding hydrogens is 312 g/mol. The molecule has 0 atom stereocenters. The summed E-state index contributed by atoms with van der Waals surface area (Å²) in [4.78, 5) is 27.4. The van der Waals surface area contributed by atoms with Crippen LogP contribution >= 0.6 is 11.6 Å². The first-order valence-electron chi connectivity index (χ1n) is 7.19. The maximum absolute atomic E-state index is 12.3. The molecule has 5 heteroatoms. The molecule has 0 bridgehead atoms. The number of hydrogen-bond donors (Lipinski definition) is 2. The van der Waals surface area contributed by atoms with E-state index in [9.17, 15) is 9.59 Å². The van der Waals surface area contributed by atoms with E-state index >= 15 is 0 Å². The van der Waals surface area contributed by atoms with E-state index in [0.29, 0.717) is 22.5 Å². The number of halogens is 1. The first-order valence-corrected chi connectivity index (χ1v) is 7.57. The molecule has 0 radical (unpaired) electrons. The van der Waals surface area contributed by atoms with E-state index in [2.05, 4.69) is 10.3 Å². The lowest BCUT2D eigenvalue weighted by atomic mass is 10.1. The Morgan fingerprint density at radius 1 is 1.17 bits per heavy atom. The van der Waals surface area contributed by atoms with Gasteiger partial charge in [-0.2, -0.15) is 0 Å². The molecule has 23 heavy (non-hydrogen) atoms. The molecule has 0 aliphatic heterocycles. The molecule has 0 saturated carbocycles. The van der Waals surface area contributed by atoms with Gasteiger partial charge in [-0.1, -0.05) is 41.4 Å². The third-order valence-electron chi connectivity index (χ3n) is 3.63. The van der Waals surface area contributed by atoms with Gasteiger partial charge in [0.2, 0.25) is 0 Å². The summed E-state index contributed by atoms with van der Waals surface area (Å²) in [5.41, 5.74) is 3.15. The number of rotatable bonds is 4. The van der Waals surface area contributed by atoms with Gasteiger partial charge in [0.25, 0.3) is 11.7 Å². The highest BCUT2D eigenvalue weighted by molar-refractivity contribution is 6.45. The number of carbonyl (C=O) groups is 2. The zero-order chi connectivity index (χ0) is 16.4. The second-order valence-corrected chi connectivity index (χ2v) is 5.83. The number of aryl methyl sites for hydroxylation is 1. The fourth-order valence-electron chi connectivity index (χ4n) is 2.49. The van der Waals surface area contributed by atoms with Crippen molar-refractivity contribution >= 4 is 34.2 Å². The van der Waals surface area contributed by atoms with Crippen molar-refractivity contribution in [2.75, 3.05) is 0 Å². The van der Waals surface area contributed by atoms with Crippen LogP contribution in [-0.2, 0) is 11.3 Å². The van der Waals surface area contributed by atoms with Crippen LogP contribution in [0.2, 0.25) is 5.02 Å². The molecule has 4 nitrogen and oxygen atoms in total. The largest absolute Gasteiger partial charge is 0.360 e. The summed E-state index contributed by atoms with van der Waals surface area (Å²) in [7, 11) is 0. The van der Waals surface area contributed by atoms with E-state index in [1.807, 2.05) is 31.2 Å². The number of hydrogen-bond acceptors (Lipinski definition) is 2. The highest BCUT2D eigenvalue weighted by atomic mass is 35.5. The SMILES string of the molecule is Cc1cccc(CNC(=O)C(=O)c2c[nH]c3ccc(Cl)cc23)c1. The van der Waals surface area contributed by atoms with Crippen molar-refractivity contribution in [1.82, 2.24) is 10.3 Å². The van der Waals surface area contributed by atoms with Crippen LogP contribution in [0.25, 0.3) is 10.9 Å². The summed E-state index contributed by atoms with van der Waals surface area (Å²) in [6.45, 7) is 2.29. The molecule has 1 aromatic heterocycles. The number of carbonyl (C=O) groups excluding carboxylic acids is 2. The molecule has 2 N–H and O–H groups in total. The minimum absolute atomic E-state index is 0.315. The third-order valence-corrected chi connectivity index (χ3v) is 3.87. The normalized spacial score (nSPS) is 10.7. The highest BCUT2D eigenvalue weighted by Gasteiger charge is 2.19. The number of aromatic nitrogens is 1. The predicted molar refractivity (Wildman–Crippen MR) is 90.7 cm³/mol. The van der Waals surface area contributed by atoms with Gasteiger partial charge in [-0.05, 0) is 30.7 Å². The number of H-pyrrole nitrogens is 1. The first-order chi connectivity index (χ1) is 11.0. The molecule has 1 amide bonds. The quantitative estimate of drug-likeness (QED) is 0.568. The van der Waals surface area contributed by atoms with Crippen LogP contribution in [0.3, 0.4) is 0 Å². The third kappa shape index (κ3) is 3.27. The molecule has 0 fully saturated rings. The minimum Gasteiger partial charge on any atom is -0.360 e. The molecular formula is C18H15ClN2O2. The summed E-state index contributed by atoms with van der Waals surface area (Å²) in [5.74, 6) is -1.21. The number of amides is 1. The molecule has 0 unspecified atom stereocenters. The first kappa shape index (κ1) is 15.3. The maximum Gasteiger partial charge on any atom is 0.292 e. The monoisotopic (exact) mass is 326 g/mol. The van der Waals surface area contributed by atoms with Crippen LogP contribution < -0.4 is 5.32 Å². The second kappa shape index (κ2) is 6.26. The number of ketones is 1. The Morgan fingerprint density at radius 3 is 2.78 bits per heavy atom. The second-order valence-electron chi connectivity index (χ2n) is 5.39. The van der Waals surface area contributed by atoms with Crippen LogP contribution in [0.4, 0.5) is 0 Å². The summed E-state index contributed by atoms with van der Waals surface area (Å²) < 4.78 is 0.